The second-order valence-electron chi connectivity index (χ2n) is 32.9. The van der Waals surface area contributed by atoms with E-state index in [1.165, 1.54) is 167 Å². The van der Waals surface area contributed by atoms with Crippen LogP contribution >= 0.6 is 0 Å². The molecule has 0 saturated heterocycles. The molecule has 3 atom stereocenters. The average molecular weight is 1520 g/mol. The topological polar surface area (TPSA) is 224 Å². The highest BCUT2D eigenvalue weighted by Crippen LogP contribution is 2.60. The van der Waals surface area contributed by atoms with E-state index in [2.05, 4.69) is 67.7 Å². The molecule has 0 spiro atoms. The van der Waals surface area contributed by atoms with E-state index >= 15 is 4.79 Å². The number of carboxylic acid groups (broad SMARTS) is 6. The molecular weight excluding hydrogens is 1350 g/mol. The third-order valence-corrected chi connectivity index (χ3v) is 23.4. The van der Waals surface area contributed by atoms with Crippen molar-refractivity contribution in [1.82, 2.24) is 0 Å². The fourth-order valence-electron chi connectivity index (χ4n) is 16.9. The van der Waals surface area contributed by atoms with Gasteiger partial charge in [0.15, 0.2) is 0 Å². The van der Waals surface area contributed by atoms with E-state index < -0.39 is 41.2 Å². The molecule has 0 aliphatic heterocycles. The van der Waals surface area contributed by atoms with Crippen LogP contribution in [0.25, 0.3) is 0 Å². The third-order valence-electron chi connectivity index (χ3n) is 23.4. The lowest BCUT2D eigenvalue weighted by Gasteiger charge is -2.54. The molecule has 0 aliphatic carbocycles. The molecule has 0 amide bonds. The molecule has 0 fully saturated rings. The minimum Gasteiger partial charge on any atom is -0.481 e. The lowest BCUT2D eigenvalue weighted by Crippen LogP contribution is -2.52. The number of hydrogen-bond donors (Lipinski definition) is 6. The van der Waals surface area contributed by atoms with Crippen LogP contribution in [0.3, 0.4) is 0 Å². The molecule has 0 aromatic carbocycles. The third kappa shape index (κ3) is 68.3. The predicted molar refractivity (Wildman–Crippen MR) is 456 cm³/mol. The van der Waals surface area contributed by atoms with Crippen LogP contribution in [-0.4, -0.2) is 66.5 Å². The standard InChI is InChI=1S/C96H172O12/c1-2-3-4-5-6-7-33-44-55-66-77-88(78-67-56-45-34-24-17-11-8-12-18-25-35-46-57-68-79-89(97)98)95(85-74-63-52-43-32-39-50-61-72-83-93(105)106,84-73-62-51-40-29-21-15-9-13-19-26-36-47-58-69-80-90(99)100)96(94(107)108,87-76-65-54-42-31-23-28-38-49-60-71-82-92(103)104)86-75-64-53-41-30-22-16-10-14-20-27-37-48-59-70-81-91(101)102/h9-10,13-14,21-22,29-30,53,64,88H,2-8,11-12,15-20,23-28,31-52,54-63,65-87H2,1H3,(H,97,98)(H,99,100)(H,101,102)(H,103,104)(H,105,106)(H,107,108). The molecule has 0 bridgehead atoms. The van der Waals surface area contributed by atoms with E-state index in [-0.39, 0.29) is 37.5 Å². The molecule has 12 heteroatoms. The highest BCUT2D eigenvalue weighted by Gasteiger charge is 2.57. The van der Waals surface area contributed by atoms with Crippen molar-refractivity contribution in [2.45, 2.75) is 495 Å². The zero-order valence-electron chi connectivity index (χ0n) is 70.2. The monoisotopic (exact) mass is 1520 g/mol. The van der Waals surface area contributed by atoms with Gasteiger partial charge in [0, 0.05) is 32.1 Å². The summed E-state index contributed by atoms with van der Waals surface area (Å²) in [4.78, 5) is 70.4. The van der Waals surface area contributed by atoms with E-state index in [1.807, 2.05) is 0 Å². The first kappa shape index (κ1) is 104. The van der Waals surface area contributed by atoms with Crippen molar-refractivity contribution in [1.29, 1.82) is 0 Å². The van der Waals surface area contributed by atoms with Crippen molar-refractivity contribution in [3.05, 3.63) is 60.8 Å². The van der Waals surface area contributed by atoms with Gasteiger partial charge in [-0.15, -0.1) is 0 Å². The van der Waals surface area contributed by atoms with Crippen molar-refractivity contribution in [2.75, 3.05) is 0 Å². The van der Waals surface area contributed by atoms with Gasteiger partial charge in [0.25, 0.3) is 0 Å². The molecule has 0 aliphatic rings. The van der Waals surface area contributed by atoms with Gasteiger partial charge in [-0.1, -0.05) is 389 Å². The maximum Gasteiger partial charge on any atom is 0.310 e. The second-order valence-corrected chi connectivity index (χ2v) is 32.9. The van der Waals surface area contributed by atoms with Crippen molar-refractivity contribution in [3.63, 3.8) is 0 Å². The number of aliphatic carboxylic acids is 6. The maximum atomic E-state index is 15.5. The van der Waals surface area contributed by atoms with Gasteiger partial charge in [0.2, 0.25) is 0 Å². The molecule has 0 rings (SSSR count). The van der Waals surface area contributed by atoms with Gasteiger partial charge >= 0.3 is 35.8 Å². The fraction of sp³-hybridized carbons (Fsp3) is 0.833. The van der Waals surface area contributed by atoms with Gasteiger partial charge in [0.05, 0.1) is 5.41 Å². The molecular formula is C96H172O12. The van der Waals surface area contributed by atoms with Crippen LogP contribution in [-0.2, 0) is 28.8 Å². The summed E-state index contributed by atoms with van der Waals surface area (Å²) in [5.41, 5.74) is -1.22. The Hall–Kier alpha value is -4.48. The lowest BCUT2D eigenvalue weighted by molar-refractivity contribution is -0.169. The minimum absolute atomic E-state index is 0.248. The average Bonchev–Trinajstić information content (AvgIpc) is 0.742. The number of allylic oxidation sites excluding steroid dienone is 10. The largest absolute Gasteiger partial charge is 0.481 e. The van der Waals surface area contributed by atoms with E-state index in [9.17, 15) is 34.2 Å². The SMILES string of the molecule is CCCCCCCCCCCCC(CCCCCCCCCCCCCCCCCC(=O)O)C(CCCCCC=CCC=CCCCCCCCC(=O)O)(CCCCCCCCCCCC(=O)O)C(CCC=CCC=CCC=CCCCCCCCC(=O)O)(CCCCCCCCCCCCCC(=O)O)C(=O)O. The smallest absolute Gasteiger partial charge is 0.310 e. The van der Waals surface area contributed by atoms with Gasteiger partial charge in [-0.2, -0.15) is 0 Å². The highest BCUT2D eigenvalue weighted by molar-refractivity contribution is 5.76. The number of carbonyl (C=O) groups is 6. The van der Waals surface area contributed by atoms with E-state index in [4.69, 9.17) is 20.4 Å². The predicted octanol–water partition coefficient (Wildman–Crippen LogP) is 30.5. The quantitative estimate of drug-likeness (QED) is 0.0247. The molecule has 0 heterocycles. The van der Waals surface area contributed by atoms with Gasteiger partial charge in [0.1, 0.15) is 0 Å². The fourth-order valence-corrected chi connectivity index (χ4v) is 16.9. The van der Waals surface area contributed by atoms with Crippen LogP contribution in [0.1, 0.15) is 495 Å². The van der Waals surface area contributed by atoms with Gasteiger partial charge in [-0.3, -0.25) is 28.8 Å². The summed E-state index contributed by atoms with van der Waals surface area (Å²) in [6.45, 7) is 2.29. The number of hydrogen-bond acceptors (Lipinski definition) is 6. The van der Waals surface area contributed by atoms with E-state index in [1.54, 1.807) is 0 Å². The first-order valence-electron chi connectivity index (χ1n) is 46.3. The van der Waals surface area contributed by atoms with Crippen LogP contribution in [0.4, 0.5) is 0 Å². The molecule has 6 N–H and O–H groups in total. The molecule has 0 saturated carbocycles. The summed E-state index contributed by atoms with van der Waals surface area (Å²) in [6.07, 6.45) is 102. The summed E-state index contributed by atoms with van der Waals surface area (Å²) in [7, 11) is 0. The summed E-state index contributed by atoms with van der Waals surface area (Å²) >= 11 is 0. The Balaban J connectivity index is 7.35. The Morgan fingerprint density at radius 3 is 0.685 bits per heavy atom. The van der Waals surface area contributed by atoms with Crippen molar-refractivity contribution >= 4 is 35.8 Å². The summed E-state index contributed by atoms with van der Waals surface area (Å²) < 4.78 is 0. The lowest BCUT2D eigenvalue weighted by atomic mass is 9.49. The van der Waals surface area contributed by atoms with Crippen molar-refractivity contribution < 1.29 is 59.4 Å². The van der Waals surface area contributed by atoms with Crippen molar-refractivity contribution in [3.8, 4) is 0 Å². The molecule has 0 aromatic rings. The summed E-state index contributed by atoms with van der Waals surface area (Å²) in [6, 6.07) is 0. The van der Waals surface area contributed by atoms with Crippen LogP contribution in [0.2, 0.25) is 0 Å². The van der Waals surface area contributed by atoms with Crippen LogP contribution in [0.15, 0.2) is 60.8 Å². The zero-order valence-corrected chi connectivity index (χ0v) is 70.2. The van der Waals surface area contributed by atoms with Gasteiger partial charge in [-0.25, -0.2) is 0 Å². The maximum absolute atomic E-state index is 15.5. The number of carboxylic acids is 6. The van der Waals surface area contributed by atoms with E-state index in [0.717, 1.165) is 283 Å². The number of unbranched alkanes of at least 4 members (excludes halogenated alkanes) is 54. The first-order chi connectivity index (χ1) is 52.7. The van der Waals surface area contributed by atoms with Gasteiger partial charge in [-0.05, 0) is 146 Å². The Labute approximate surface area is 664 Å². The van der Waals surface area contributed by atoms with Gasteiger partial charge < -0.3 is 30.6 Å². The Kier molecular flexibility index (Phi) is 77.2. The molecule has 0 radical (unpaired) electrons. The zero-order chi connectivity index (χ0) is 78.9. The molecule has 12 nitrogen and oxygen atoms in total. The number of rotatable bonds is 89. The Bertz CT molecular complexity index is 2210. The Morgan fingerprint density at radius 2 is 0.426 bits per heavy atom. The molecule has 628 valence electrons. The first-order valence-corrected chi connectivity index (χ1v) is 46.3. The molecule has 3 unspecified atom stereocenters. The Morgan fingerprint density at radius 1 is 0.222 bits per heavy atom. The van der Waals surface area contributed by atoms with Crippen LogP contribution < -0.4 is 0 Å². The summed E-state index contributed by atoms with van der Waals surface area (Å²) in [5, 5.41) is 57.9. The van der Waals surface area contributed by atoms with Crippen molar-refractivity contribution in [2.24, 2.45) is 16.7 Å². The second kappa shape index (κ2) is 80.6. The van der Waals surface area contributed by atoms with E-state index in [0.29, 0.717) is 12.3 Å². The minimum atomic E-state index is -0.870. The highest BCUT2D eigenvalue weighted by atomic mass is 16.4. The van der Waals surface area contributed by atoms with Crippen LogP contribution in [0.5, 0.6) is 0 Å². The van der Waals surface area contributed by atoms with Crippen LogP contribution in [0, 0.1) is 16.7 Å². The molecule has 0 aromatic heterocycles. The normalized spacial score (nSPS) is 13.5. The molecule has 108 heavy (non-hydrogen) atoms. The summed E-state index contributed by atoms with van der Waals surface area (Å²) in [5.74, 6) is -3.73.